The van der Waals surface area contributed by atoms with Gasteiger partial charge in [-0.25, -0.2) is 0 Å². The van der Waals surface area contributed by atoms with Gasteiger partial charge in [0.1, 0.15) is 0 Å². The Morgan fingerprint density at radius 2 is 2.31 bits per heavy atom. The highest BCUT2D eigenvalue weighted by Gasteiger charge is 2.08. The fourth-order valence-corrected chi connectivity index (χ4v) is 1.65. The lowest BCUT2D eigenvalue weighted by atomic mass is 10.1. The zero-order valence-electron chi connectivity index (χ0n) is 8.83. The number of rotatable bonds is 3. The molecule has 1 atom stereocenters. The topological polar surface area (TPSA) is 78.9 Å². The Labute approximate surface area is 103 Å². The molecule has 0 saturated carbocycles. The molecule has 0 aromatic heterocycles. The molecular weight excluding hydrogens is 270 g/mol. The Bertz CT molecular complexity index is 419. The van der Waals surface area contributed by atoms with Crippen LogP contribution in [0.15, 0.2) is 22.7 Å². The normalized spacial score (nSPS) is 11.6. The standard InChI is InChI=1S/C11H12BrN3O/c1-7(5-13)6-15-11(16)8-2-9(12)4-10(14)3-8/h2-4,7H,6,14H2,1H3,(H,15,16). The van der Waals surface area contributed by atoms with Crippen LogP contribution in [0.1, 0.15) is 17.3 Å². The number of nitrogens with two attached hydrogens (primary N) is 1. The molecule has 4 nitrogen and oxygen atoms in total. The van der Waals surface area contributed by atoms with E-state index < -0.39 is 0 Å². The fourth-order valence-electron chi connectivity index (χ4n) is 1.14. The molecule has 0 fully saturated rings. The first kappa shape index (κ1) is 12.5. The summed E-state index contributed by atoms with van der Waals surface area (Å²) in [6.07, 6.45) is 0. The summed E-state index contributed by atoms with van der Waals surface area (Å²) >= 11 is 3.26. The van der Waals surface area contributed by atoms with E-state index in [1.165, 1.54) is 0 Å². The van der Waals surface area contributed by atoms with Gasteiger partial charge in [0, 0.05) is 22.3 Å². The van der Waals surface area contributed by atoms with E-state index in [0.29, 0.717) is 17.8 Å². The minimum absolute atomic E-state index is 0.201. The van der Waals surface area contributed by atoms with Crippen molar-refractivity contribution in [1.29, 1.82) is 5.26 Å². The van der Waals surface area contributed by atoms with Crippen molar-refractivity contribution in [1.82, 2.24) is 5.32 Å². The SMILES string of the molecule is CC(C#N)CNC(=O)c1cc(N)cc(Br)c1. The highest BCUT2D eigenvalue weighted by atomic mass is 79.9. The third-order valence-electron chi connectivity index (χ3n) is 1.97. The molecule has 0 heterocycles. The van der Waals surface area contributed by atoms with Crippen molar-refractivity contribution in [2.75, 3.05) is 12.3 Å². The number of nitrogens with one attached hydrogen (secondary N) is 1. The second kappa shape index (κ2) is 5.52. The number of carbonyl (C=O) groups is 1. The summed E-state index contributed by atoms with van der Waals surface area (Å²) in [6.45, 7) is 2.08. The van der Waals surface area contributed by atoms with Crippen LogP contribution in [0.4, 0.5) is 5.69 Å². The fraction of sp³-hybridized carbons (Fsp3) is 0.273. The van der Waals surface area contributed by atoms with E-state index in [-0.39, 0.29) is 11.8 Å². The Morgan fingerprint density at radius 3 is 2.88 bits per heavy atom. The molecule has 0 radical (unpaired) electrons. The lowest BCUT2D eigenvalue weighted by Crippen LogP contribution is -2.27. The second-order valence-corrected chi connectivity index (χ2v) is 4.43. The molecular formula is C11H12BrN3O. The van der Waals surface area contributed by atoms with Crippen molar-refractivity contribution in [2.45, 2.75) is 6.92 Å². The van der Waals surface area contributed by atoms with Gasteiger partial charge in [0.15, 0.2) is 0 Å². The van der Waals surface area contributed by atoms with Crippen molar-refractivity contribution in [2.24, 2.45) is 5.92 Å². The van der Waals surface area contributed by atoms with Crippen LogP contribution in [0.5, 0.6) is 0 Å². The molecule has 16 heavy (non-hydrogen) atoms. The summed E-state index contributed by atoms with van der Waals surface area (Å²) in [6, 6.07) is 7.04. The van der Waals surface area contributed by atoms with Crippen LogP contribution in [0, 0.1) is 17.2 Å². The van der Waals surface area contributed by atoms with Crippen molar-refractivity contribution in [3.8, 4) is 6.07 Å². The smallest absolute Gasteiger partial charge is 0.251 e. The van der Waals surface area contributed by atoms with Crippen molar-refractivity contribution < 1.29 is 4.79 Å². The maximum Gasteiger partial charge on any atom is 0.251 e. The first-order chi connectivity index (χ1) is 7.52. The van der Waals surface area contributed by atoms with E-state index in [4.69, 9.17) is 11.0 Å². The molecule has 0 spiro atoms. The first-order valence-corrected chi connectivity index (χ1v) is 5.56. The molecule has 3 N–H and O–H groups in total. The average Bonchev–Trinajstić information content (AvgIpc) is 2.23. The molecule has 0 aliphatic rings. The number of hydrogen-bond donors (Lipinski definition) is 2. The largest absolute Gasteiger partial charge is 0.399 e. The summed E-state index contributed by atoms with van der Waals surface area (Å²) in [5, 5.41) is 11.2. The number of nitriles is 1. The molecule has 0 aliphatic heterocycles. The molecule has 1 aromatic carbocycles. The van der Waals surface area contributed by atoms with Crippen LogP contribution in [0.3, 0.4) is 0 Å². The maximum atomic E-state index is 11.7. The van der Waals surface area contributed by atoms with Gasteiger partial charge in [-0.2, -0.15) is 5.26 Å². The van der Waals surface area contributed by atoms with E-state index in [0.717, 1.165) is 4.47 Å². The summed E-state index contributed by atoms with van der Waals surface area (Å²) in [7, 11) is 0. The number of benzene rings is 1. The van der Waals surface area contributed by atoms with Crippen LogP contribution < -0.4 is 11.1 Å². The van der Waals surface area contributed by atoms with Crippen LogP contribution >= 0.6 is 15.9 Å². The number of hydrogen-bond acceptors (Lipinski definition) is 3. The van der Waals surface area contributed by atoms with E-state index in [1.54, 1.807) is 25.1 Å². The molecule has 0 saturated heterocycles. The average molecular weight is 282 g/mol. The van der Waals surface area contributed by atoms with E-state index in [9.17, 15) is 4.79 Å². The van der Waals surface area contributed by atoms with Gasteiger partial charge < -0.3 is 11.1 Å². The van der Waals surface area contributed by atoms with Crippen LogP contribution in [-0.2, 0) is 0 Å². The predicted molar refractivity (Wildman–Crippen MR) is 65.7 cm³/mol. The monoisotopic (exact) mass is 281 g/mol. The van der Waals surface area contributed by atoms with Gasteiger partial charge in [0.25, 0.3) is 5.91 Å². The molecule has 0 bridgehead atoms. The molecule has 0 aliphatic carbocycles. The van der Waals surface area contributed by atoms with E-state index in [1.807, 2.05) is 6.07 Å². The van der Waals surface area contributed by atoms with Crippen molar-refractivity contribution >= 4 is 27.5 Å². The molecule has 84 valence electrons. The number of carbonyl (C=O) groups excluding carboxylic acids is 1. The lowest BCUT2D eigenvalue weighted by molar-refractivity contribution is 0.0951. The Morgan fingerprint density at radius 1 is 1.62 bits per heavy atom. The van der Waals surface area contributed by atoms with Crippen molar-refractivity contribution in [3.05, 3.63) is 28.2 Å². The third kappa shape index (κ3) is 3.55. The third-order valence-corrected chi connectivity index (χ3v) is 2.43. The van der Waals surface area contributed by atoms with Crippen molar-refractivity contribution in [3.63, 3.8) is 0 Å². The zero-order valence-corrected chi connectivity index (χ0v) is 10.4. The number of nitrogens with zero attached hydrogens (tertiary/aromatic N) is 1. The molecule has 1 unspecified atom stereocenters. The highest BCUT2D eigenvalue weighted by Crippen LogP contribution is 2.17. The number of nitrogen functional groups attached to an aromatic ring is 1. The van der Waals surface area contributed by atoms with Gasteiger partial charge in [-0.1, -0.05) is 15.9 Å². The number of halogens is 1. The predicted octanol–water partition coefficient (Wildman–Crippen LogP) is 1.92. The van der Waals surface area contributed by atoms with Gasteiger partial charge in [-0.15, -0.1) is 0 Å². The van der Waals surface area contributed by atoms with E-state index in [2.05, 4.69) is 21.2 Å². The number of anilines is 1. The second-order valence-electron chi connectivity index (χ2n) is 3.51. The maximum absolute atomic E-state index is 11.7. The summed E-state index contributed by atoms with van der Waals surface area (Å²) in [5.41, 5.74) is 6.62. The summed E-state index contributed by atoms with van der Waals surface area (Å²) in [4.78, 5) is 11.7. The van der Waals surface area contributed by atoms with Gasteiger partial charge in [-0.3, -0.25) is 4.79 Å². The van der Waals surface area contributed by atoms with Gasteiger partial charge >= 0.3 is 0 Å². The highest BCUT2D eigenvalue weighted by molar-refractivity contribution is 9.10. The summed E-state index contributed by atoms with van der Waals surface area (Å²) in [5.74, 6) is -0.427. The summed E-state index contributed by atoms with van der Waals surface area (Å²) < 4.78 is 0.756. The minimum Gasteiger partial charge on any atom is -0.399 e. The molecule has 1 amide bonds. The number of amides is 1. The quantitative estimate of drug-likeness (QED) is 0.831. The minimum atomic E-state index is -0.227. The lowest BCUT2D eigenvalue weighted by Gasteiger charge is -2.07. The Hall–Kier alpha value is -1.54. The Balaban J connectivity index is 2.70. The van der Waals surface area contributed by atoms with Gasteiger partial charge in [0.05, 0.1) is 12.0 Å². The zero-order chi connectivity index (χ0) is 12.1. The van der Waals surface area contributed by atoms with Crippen LogP contribution in [0.25, 0.3) is 0 Å². The first-order valence-electron chi connectivity index (χ1n) is 4.77. The molecule has 5 heteroatoms. The molecule has 1 aromatic rings. The van der Waals surface area contributed by atoms with Crippen LogP contribution in [0.2, 0.25) is 0 Å². The molecule has 1 rings (SSSR count). The van der Waals surface area contributed by atoms with Gasteiger partial charge in [0.2, 0.25) is 0 Å². The van der Waals surface area contributed by atoms with Gasteiger partial charge in [-0.05, 0) is 25.1 Å². The van der Waals surface area contributed by atoms with E-state index >= 15 is 0 Å². The Kier molecular flexibility index (Phi) is 4.32. The van der Waals surface area contributed by atoms with Crippen LogP contribution in [-0.4, -0.2) is 12.5 Å².